The number of nitrogens with zero attached hydrogens (tertiary/aromatic N) is 2. The van der Waals surface area contributed by atoms with Gasteiger partial charge in [-0.1, -0.05) is 48.0 Å². The van der Waals surface area contributed by atoms with E-state index in [-0.39, 0.29) is 22.2 Å². The molecule has 0 heterocycles. The molecule has 148 valence electrons. The maximum Gasteiger partial charge on any atom is 0.138 e. The monoisotopic (exact) mass is 422 g/mol. The second-order valence-corrected chi connectivity index (χ2v) is 13.9. The SMILES string of the molecule is CC(C)(C)N(C(=S)SCSC(=S)N(C(C)(C)C)C(C)(C)C)C(C)(C)C. The highest BCUT2D eigenvalue weighted by molar-refractivity contribution is 8.35. The predicted molar refractivity (Wildman–Crippen MR) is 128 cm³/mol. The minimum absolute atomic E-state index is 0.00361. The van der Waals surface area contributed by atoms with Crippen molar-refractivity contribution in [3.8, 4) is 0 Å². The van der Waals surface area contributed by atoms with Crippen molar-refractivity contribution in [1.82, 2.24) is 9.80 Å². The summed E-state index contributed by atoms with van der Waals surface area (Å²) < 4.78 is 1.88. The highest BCUT2D eigenvalue weighted by Gasteiger charge is 2.35. The fourth-order valence-corrected chi connectivity index (χ4v) is 7.72. The van der Waals surface area contributed by atoms with Crippen LogP contribution in [0.1, 0.15) is 83.1 Å². The van der Waals surface area contributed by atoms with E-state index in [2.05, 4.69) is 92.9 Å². The summed E-state index contributed by atoms with van der Waals surface area (Å²) in [6, 6.07) is 0. The molecule has 0 rings (SSSR count). The Morgan fingerprint density at radius 1 is 0.560 bits per heavy atom. The first-order valence-corrected chi connectivity index (χ1v) is 11.5. The van der Waals surface area contributed by atoms with Crippen LogP contribution in [0.4, 0.5) is 0 Å². The van der Waals surface area contributed by atoms with Gasteiger partial charge in [0.25, 0.3) is 0 Å². The predicted octanol–water partition coefficient (Wildman–Crippen LogP) is 6.78. The highest BCUT2D eigenvalue weighted by Crippen LogP contribution is 2.33. The Kier molecular flexibility index (Phi) is 8.82. The van der Waals surface area contributed by atoms with Crippen molar-refractivity contribution in [3.63, 3.8) is 0 Å². The molecule has 0 aromatic heterocycles. The van der Waals surface area contributed by atoms with Gasteiger partial charge in [-0.05, 0) is 83.1 Å². The first kappa shape index (κ1) is 25.5. The lowest BCUT2D eigenvalue weighted by molar-refractivity contribution is 0.131. The van der Waals surface area contributed by atoms with Crippen molar-refractivity contribution in [2.24, 2.45) is 0 Å². The van der Waals surface area contributed by atoms with Crippen LogP contribution < -0.4 is 0 Å². The van der Waals surface area contributed by atoms with Crippen LogP contribution in [0.5, 0.6) is 0 Å². The zero-order valence-electron chi connectivity index (χ0n) is 18.2. The van der Waals surface area contributed by atoms with Crippen LogP contribution in [0.25, 0.3) is 0 Å². The van der Waals surface area contributed by atoms with E-state index in [1.165, 1.54) is 0 Å². The summed E-state index contributed by atoms with van der Waals surface area (Å²) in [5.74, 6) is 0. The van der Waals surface area contributed by atoms with E-state index in [1.54, 1.807) is 23.5 Å². The van der Waals surface area contributed by atoms with Crippen LogP contribution in [-0.2, 0) is 0 Å². The summed E-state index contributed by atoms with van der Waals surface area (Å²) in [5.41, 5.74) is -0.0144. The van der Waals surface area contributed by atoms with Crippen LogP contribution in [0.3, 0.4) is 0 Å². The molecule has 0 bridgehead atoms. The molecule has 0 N–H and O–H groups in total. The molecule has 0 aromatic carbocycles. The summed E-state index contributed by atoms with van der Waals surface area (Å²) in [7, 11) is 0. The number of thioether (sulfide) groups is 2. The van der Waals surface area contributed by atoms with Gasteiger partial charge in [-0.15, -0.1) is 0 Å². The van der Waals surface area contributed by atoms with E-state index in [9.17, 15) is 0 Å². The van der Waals surface area contributed by atoms with E-state index in [0.717, 1.165) is 13.7 Å². The zero-order chi connectivity index (χ0) is 20.4. The average molecular weight is 423 g/mol. The van der Waals surface area contributed by atoms with Crippen molar-refractivity contribution >= 4 is 56.6 Å². The lowest BCUT2D eigenvalue weighted by atomic mass is 9.97. The largest absolute Gasteiger partial charge is 0.348 e. The molecule has 0 unspecified atom stereocenters. The fraction of sp³-hybridized carbons (Fsp3) is 0.895. The van der Waals surface area contributed by atoms with Gasteiger partial charge in [-0.3, -0.25) is 0 Å². The minimum atomic E-state index is -0.00361. The van der Waals surface area contributed by atoms with Gasteiger partial charge >= 0.3 is 0 Å². The van der Waals surface area contributed by atoms with E-state index < -0.39 is 0 Å². The quantitative estimate of drug-likeness (QED) is 0.355. The van der Waals surface area contributed by atoms with Gasteiger partial charge in [-0.2, -0.15) is 0 Å². The van der Waals surface area contributed by atoms with Gasteiger partial charge in [0.1, 0.15) is 8.64 Å². The van der Waals surface area contributed by atoms with Crippen LogP contribution in [0.2, 0.25) is 0 Å². The van der Waals surface area contributed by atoms with Crippen molar-refractivity contribution < 1.29 is 0 Å². The first-order chi connectivity index (χ1) is 10.8. The first-order valence-electron chi connectivity index (χ1n) is 8.74. The molecule has 0 atom stereocenters. The molecule has 2 nitrogen and oxygen atoms in total. The van der Waals surface area contributed by atoms with Crippen molar-refractivity contribution in [2.75, 3.05) is 5.08 Å². The fourth-order valence-electron chi connectivity index (χ4n) is 3.37. The smallest absolute Gasteiger partial charge is 0.138 e. The summed E-state index contributed by atoms with van der Waals surface area (Å²) in [6.07, 6.45) is 0. The molecule has 0 spiro atoms. The van der Waals surface area contributed by atoms with E-state index in [0.29, 0.717) is 0 Å². The summed E-state index contributed by atoms with van der Waals surface area (Å²) in [5, 5.41) is 0.836. The van der Waals surface area contributed by atoms with Crippen molar-refractivity contribution in [2.45, 2.75) is 105 Å². The summed E-state index contributed by atoms with van der Waals surface area (Å²) in [6.45, 7) is 26.5. The standard InChI is InChI=1S/C19H38N2S4/c1-16(2,3)20(17(4,5)6)14(22)24-13-25-15(23)21(18(7,8)9)19(10,11)12/h13H2,1-12H3. The molecule has 0 aliphatic rings. The third-order valence-electron chi connectivity index (χ3n) is 3.41. The Balaban J connectivity index is 5.00. The molecule has 0 saturated heterocycles. The van der Waals surface area contributed by atoms with Gasteiger partial charge < -0.3 is 9.80 Å². The number of rotatable bonds is 2. The third kappa shape index (κ3) is 8.35. The molecule has 0 saturated carbocycles. The van der Waals surface area contributed by atoms with Crippen LogP contribution >= 0.6 is 48.0 Å². The van der Waals surface area contributed by atoms with Gasteiger partial charge in [0.05, 0.1) is 5.08 Å². The Bertz CT molecular complexity index is 402. The molecule has 6 heteroatoms. The molecular formula is C19H38N2S4. The Hall–Kier alpha value is 0.480. The van der Waals surface area contributed by atoms with E-state index in [4.69, 9.17) is 24.4 Å². The third-order valence-corrected chi connectivity index (χ3v) is 6.29. The van der Waals surface area contributed by atoms with Gasteiger partial charge in [0, 0.05) is 22.2 Å². The van der Waals surface area contributed by atoms with E-state index in [1.807, 2.05) is 0 Å². The highest BCUT2D eigenvalue weighted by atomic mass is 32.2. The zero-order valence-corrected chi connectivity index (χ0v) is 21.5. The van der Waals surface area contributed by atoms with Crippen molar-refractivity contribution in [3.05, 3.63) is 0 Å². The summed E-state index contributed by atoms with van der Waals surface area (Å²) in [4.78, 5) is 4.66. The van der Waals surface area contributed by atoms with Gasteiger partial charge in [0.15, 0.2) is 0 Å². The normalized spacial score (nSPS) is 13.6. The lowest BCUT2D eigenvalue weighted by Crippen LogP contribution is -2.54. The van der Waals surface area contributed by atoms with Crippen LogP contribution in [0, 0.1) is 0 Å². The minimum Gasteiger partial charge on any atom is -0.348 e. The molecule has 0 radical (unpaired) electrons. The lowest BCUT2D eigenvalue weighted by Gasteiger charge is -2.47. The Morgan fingerprint density at radius 2 is 0.760 bits per heavy atom. The van der Waals surface area contributed by atoms with Crippen molar-refractivity contribution in [1.29, 1.82) is 0 Å². The molecule has 0 aromatic rings. The number of hydrogen-bond acceptors (Lipinski definition) is 4. The molecule has 0 amide bonds. The second-order valence-electron chi connectivity index (χ2n) is 10.3. The molecule has 0 fully saturated rings. The van der Waals surface area contributed by atoms with Gasteiger partial charge in [-0.25, -0.2) is 0 Å². The number of hydrogen-bond donors (Lipinski definition) is 0. The van der Waals surface area contributed by atoms with Crippen LogP contribution in [-0.4, -0.2) is 45.7 Å². The topological polar surface area (TPSA) is 6.48 Å². The molecule has 25 heavy (non-hydrogen) atoms. The van der Waals surface area contributed by atoms with Gasteiger partial charge in [0.2, 0.25) is 0 Å². The average Bonchev–Trinajstić information content (AvgIpc) is 2.19. The molecule has 0 aliphatic carbocycles. The maximum absolute atomic E-state index is 5.75. The summed E-state index contributed by atoms with van der Waals surface area (Å²) >= 11 is 14.9. The molecular weight excluding hydrogens is 384 g/mol. The number of thiocarbonyl (C=S) groups is 2. The second kappa shape index (κ2) is 8.66. The van der Waals surface area contributed by atoms with E-state index >= 15 is 0 Å². The maximum atomic E-state index is 5.75. The van der Waals surface area contributed by atoms with Crippen LogP contribution in [0.15, 0.2) is 0 Å². The Labute approximate surface area is 176 Å². The Morgan fingerprint density at radius 3 is 0.920 bits per heavy atom. The molecule has 0 aliphatic heterocycles.